The number of rotatable bonds is 3. The van der Waals surface area contributed by atoms with Crippen LogP contribution in [0.3, 0.4) is 0 Å². The molecule has 0 spiro atoms. The average molecular weight is 546 g/mol. The van der Waals surface area contributed by atoms with Gasteiger partial charge < -0.3 is 24.3 Å². The molecule has 6 heterocycles. The summed E-state index contributed by atoms with van der Waals surface area (Å²) in [5.74, 6) is 2.60. The Balaban J connectivity index is 1.27. The van der Waals surface area contributed by atoms with Crippen LogP contribution < -0.4 is 19.8 Å². The molecule has 9 nitrogen and oxygen atoms in total. The minimum Gasteiger partial charge on any atom is -0.416 e. The molecule has 0 radical (unpaired) electrons. The highest BCUT2D eigenvalue weighted by Gasteiger charge is 2.30. The van der Waals surface area contributed by atoms with Gasteiger partial charge in [-0.3, -0.25) is 4.79 Å². The summed E-state index contributed by atoms with van der Waals surface area (Å²) in [7, 11) is 0. The molecule has 1 atom stereocenters. The van der Waals surface area contributed by atoms with Gasteiger partial charge in [0.05, 0.1) is 11.3 Å². The first-order chi connectivity index (χ1) is 19.1. The van der Waals surface area contributed by atoms with Gasteiger partial charge in [-0.15, -0.1) is 10.2 Å². The first kappa shape index (κ1) is 24.7. The summed E-state index contributed by atoms with van der Waals surface area (Å²) in [5.41, 5.74) is 4.86. The molecule has 2 aromatic heterocycles. The molecule has 39 heavy (non-hydrogen) atoms. The summed E-state index contributed by atoms with van der Waals surface area (Å²) in [6.45, 7) is 6.19. The minimum atomic E-state index is 0.0472. The molecule has 4 aliphatic heterocycles. The maximum atomic E-state index is 13.1. The van der Waals surface area contributed by atoms with Gasteiger partial charge in [-0.1, -0.05) is 0 Å². The molecule has 204 valence electrons. The number of nitrogens with zero attached hydrogens (tertiary/aromatic N) is 5. The second-order valence-electron chi connectivity index (χ2n) is 11.4. The summed E-state index contributed by atoms with van der Waals surface area (Å²) in [6, 6.07) is 10.4. The van der Waals surface area contributed by atoms with Crippen molar-refractivity contribution in [1.82, 2.24) is 20.5 Å². The molecule has 2 N–H and O–H groups in total. The molecular formula is C29H35N7O2S. The van der Waals surface area contributed by atoms with Gasteiger partial charge in [0.15, 0.2) is 0 Å². The topological polar surface area (TPSA) is 99.4 Å². The highest BCUT2D eigenvalue weighted by atomic mass is 32.2. The Labute approximate surface area is 233 Å². The average Bonchev–Trinajstić information content (AvgIpc) is 3.67. The smallest absolute Gasteiger partial charge is 0.250 e. The van der Waals surface area contributed by atoms with E-state index in [0.717, 1.165) is 92.4 Å². The maximum Gasteiger partial charge on any atom is 0.250 e. The van der Waals surface area contributed by atoms with Crippen LogP contribution in [0.1, 0.15) is 44.2 Å². The van der Waals surface area contributed by atoms with E-state index in [0.29, 0.717) is 22.9 Å². The lowest BCUT2D eigenvalue weighted by Crippen LogP contribution is -2.44. The summed E-state index contributed by atoms with van der Waals surface area (Å²) in [6.07, 6.45) is 6.42. The van der Waals surface area contributed by atoms with Crippen LogP contribution in [-0.2, 0) is 4.79 Å². The molecule has 8 bridgehead atoms. The van der Waals surface area contributed by atoms with Gasteiger partial charge in [-0.2, -0.15) is 0 Å². The number of aromatic nitrogens is 3. The summed E-state index contributed by atoms with van der Waals surface area (Å²) >= 11 is 1.80. The highest BCUT2D eigenvalue weighted by Crippen LogP contribution is 2.39. The van der Waals surface area contributed by atoms with Crippen LogP contribution in [0.4, 0.5) is 17.2 Å². The Bertz CT molecular complexity index is 1370. The highest BCUT2D eigenvalue weighted by molar-refractivity contribution is 8.01. The van der Waals surface area contributed by atoms with E-state index in [1.165, 1.54) is 12.8 Å². The number of amides is 1. The molecule has 1 aromatic carbocycles. The Morgan fingerprint density at radius 1 is 1.00 bits per heavy atom. The summed E-state index contributed by atoms with van der Waals surface area (Å²) in [5, 5.41) is 13.0. The van der Waals surface area contributed by atoms with Gasteiger partial charge >= 0.3 is 0 Å². The maximum absolute atomic E-state index is 13.1. The fourth-order valence-corrected chi connectivity index (χ4v) is 6.77. The van der Waals surface area contributed by atoms with E-state index in [4.69, 9.17) is 9.40 Å². The molecular weight excluding hydrogens is 510 g/mol. The Morgan fingerprint density at radius 3 is 2.69 bits per heavy atom. The van der Waals surface area contributed by atoms with Crippen molar-refractivity contribution in [1.29, 1.82) is 0 Å². The molecule has 5 aliphatic rings. The van der Waals surface area contributed by atoms with Gasteiger partial charge in [0.1, 0.15) is 5.82 Å². The van der Waals surface area contributed by atoms with Crippen molar-refractivity contribution >= 4 is 35.0 Å². The van der Waals surface area contributed by atoms with Crippen LogP contribution in [0, 0.1) is 18.8 Å². The number of anilines is 3. The molecule has 10 heteroatoms. The lowest BCUT2D eigenvalue weighted by Gasteiger charge is -2.36. The normalized spacial score (nSPS) is 23.1. The van der Waals surface area contributed by atoms with E-state index in [-0.39, 0.29) is 11.8 Å². The van der Waals surface area contributed by atoms with Gasteiger partial charge in [-0.05, 0) is 93.6 Å². The predicted molar refractivity (Wildman–Crippen MR) is 155 cm³/mol. The molecule has 1 unspecified atom stereocenters. The van der Waals surface area contributed by atoms with Crippen molar-refractivity contribution in [3.8, 4) is 22.9 Å². The van der Waals surface area contributed by atoms with Crippen molar-refractivity contribution in [3.05, 3.63) is 36.0 Å². The van der Waals surface area contributed by atoms with Crippen LogP contribution >= 0.6 is 11.9 Å². The van der Waals surface area contributed by atoms with Crippen LogP contribution in [0.15, 0.2) is 34.7 Å². The zero-order chi connectivity index (χ0) is 26.3. The second-order valence-corrected chi connectivity index (χ2v) is 12.5. The third-order valence-electron chi connectivity index (χ3n) is 8.32. The van der Waals surface area contributed by atoms with E-state index >= 15 is 0 Å². The number of nitrogens with one attached hydrogen (secondary N) is 2. The van der Waals surface area contributed by atoms with E-state index in [2.05, 4.69) is 54.3 Å². The number of hydrogen-bond donors (Lipinski definition) is 2. The van der Waals surface area contributed by atoms with Gasteiger partial charge in [0, 0.05) is 60.8 Å². The zero-order valence-corrected chi connectivity index (χ0v) is 23.2. The molecule has 1 saturated carbocycles. The van der Waals surface area contributed by atoms with Gasteiger partial charge in [0.2, 0.25) is 17.7 Å². The predicted octanol–water partition coefficient (Wildman–Crippen LogP) is 4.89. The molecule has 3 aromatic rings. The first-order valence-corrected chi connectivity index (χ1v) is 15.1. The number of benzene rings is 1. The quantitative estimate of drug-likeness (QED) is 0.446. The molecule has 2 saturated heterocycles. The lowest BCUT2D eigenvalue weighted by molar-refractivity contribution is -0.125. The SMILES string of the molecule is Cc1cc2cc(n1)N1CCCC(CNC(=O)C3CCN(CC3)c3cc(NSC4CC4)ccc3-c3nnc-2o3)C1. The lowest BCUT2D eigenvalue weighted by atomic mass is 9.93. The van der Waals surface area contributed by atoms with Crippen molar-refractivity contribution in [2.75, 3.05) is 47.2 Å². The molecule has 1 aliphatic carbocycles. The number of piperidine rings is 2. The minimum absolute atomic E-state index is 0.0472. The fraction of sp³-hybridized carbons (Fsp3) is 0.517. The second kappa shape index (κ2) is 10.4. The number of carbonyl (C=O) groups excluding carboxylic acids is 1. The van der Waals surface area contributed by atoms with E-state index in [1.54, 1.807) is 11.9 Å². The van der Waals surface area contributed by atoms with Gasteiger partial charge in [-0.25, -0.2) is 4.98 Å². The third kappa shape index (κ3) is 5.31. The van der Waals surface area contributed by atoms with Crippen molar-refractivity contribution in [2.45, 2.75) is 50.7 Å². The van der Waals surface area contributed by atoms with Crippen LogP contribution in [-0.4, -0.2) is 59.1 Å². The van der Waals surface area contributed by atoms with Crippen LogP contribution in [0.25, 0.3) is 22.9 Å². The Kier molecular flexibility index (Phi) is 6.58. The third-order valence-corrected chi connectivity index (χ3v) is 9.48. The largest absolute Gasteiger partial charge is 0.416 e. The molecule has 8 rings (SSSR count). The first-order valence-electron chi connectivity index (χ1n) is 14.3. The number of carbonyl (C=O) groups is 1. The Morgan fingerprint density at radius 2 is 1.85 bits per heavy atom. The van der Waals surface area contributed by atoms with E-state index in [9.17, 15) is 4.79 Å². The summed E-state index contributed by atoms with van der Waals surface area (Å²) in [4.78, 5) is 22.7. The number of hydrogen-bond acceptors (Lipinski definition) is 9. The number of pyridine rings is 1. The monoisotopic (exact) mass is 545 g/mol. The van der Waals surface area contributed by atoms with Crippen LogP contribution in [0.5, 0.6) is 0 Å². The van der Waals surface area contributed by atoms with Gasteiger partial charge in [0.25, 0.3) is 0 Å². The summed E-state index contributed by atoms with van der Waals surface area (Å²) < 4.78 is 9.87. The number of fused-ring (bicyclic) bond motifs is 4. The Hall–Kier alpha value is -3.27. The molecule has 1 amide bonds. The number of aryl methyl sites for hydroxylation is 1. The van der Waals surface area contributed by atoms with Crippen molar-refractivity contribution < 1.29 is 9.21 Å². The van der Waals surface area contributed by atoms with E-state index < -0.39 is 0 Å². The fourth-order valence-electron chi connectivity index (χ4n) is 5.97. The van der Waals surface area contributed by atoms with E-state index in [1.807, 2.05) is 13.0 Å². The van der Waals surface area contributed by atoms with Crippen molar-refractivity contribution in [3.63, 3.8) is 0 Å². The van der Waals surface area contributed by atoms with Crippen LogP contribution in [0.2, 0.25) is 0 Å². The zero-order valence-electron chi connectivity index (χ0n) is 22.4. The molecule has 3 fully saturated rings. The standard InChI is InChI=1S/C29H35N7O2S/c1-18-13-21-14-26(31-18)36-10-2-3-19(17-36)16-30-27(37)20-8-11-35(12-9-20)25-15-22(34-39-23-5-6-23)4-7-24(25)29-33-32-28(21)38-29/h4,7,13-15,19-20,23,34H,2-3,5-6,8-12,16-17H2,1H3,(H,30,37). The van der Waals surface area contributed by atoms with Crippen molar-refractivity contribution in [2.24, 2.45) is 11.8 Å².